The van der Waals surface area contributed by atoms with E-state index in [0.717, 1.165) is 11.1 Å². The van der Waals surface area contributed by atoms with Crippen LogP contribution < -0.4 is 0 Å². The van der Waals surface area contributed by atoms with Crippen molar-refractivity contribution in [1.29, 1.82) is 5.26 Å². The molecule has 0 heterocycles. The van der Waals surface area contributed by atoms with Crippen molar-refractivity contribution in [3.8, 4) is 6.07 Å². The van der Waals surface area contributed by atoms with Crippen LogP contribution in [0.5, 0.6) is 0 Å². The molecule has 5 heteroatoms. The lowest BCUT2D eigenvalue weighted by molar-refractivity contribution is 0.292. The molecule has 1 unspecified atom stereocenters. The van der Waals surface area contributed by atoms with Crippen LogP contribution in [-0.2, 0) is 14.3 Å². The molecular weight excluding hydrogens is 298 g/mol. The van der Waals surface area contributed by atoms with Crippen molar-refractivity contribution < 1.29 is 12.6 Å². The van der Waals surface area contributed by atoms with Gasteiger partial charge >= 0.3 is 0 Å². The highest BCUT2D eigenvalue weighted by molar-refractivity contribution is 7.86. The van der Waals surface area contributed by atoms with Gasteiger partial charge in [-0.3, -0.25) is 4.18 Å². The third-order valence-electron chi connectivity index (χ3n) is 3.34. The number of benzene rings is 2. The van der Waals surface area contributed by atoms with Crippen molar-refractivity contribution in [1.82, 2.24) is 0 Å². The molecule has 22 heavy (non-hydrogen) atoms. The van der Waals surface area contributed by atoms with Crippen molar-refractivity contribution in [2.24, 2.45) is 0 Å². The zero-order valence-electron chi connectivity index (χ0n) is 12.3. The van der Waals surface area contributed by atoms with E-state index in [1.807, 2.05) is 37.3 Å². The minimum atomic E-state index is -3.81. The first kappa shape index (κ1) is 16.2. The number of nitrogens with zero attached hydrogens (tertiary/aromatic N) is 1. The zero-order chi connectivity index (χ0) is 16.0. The second kappa shape index (κ2) is 7.21. The Hall–Kier alpha value is -2.16. The van der Waals surface area contributed by atoms with Crippen LogP contribution in [0.2, 0.25) is 0 Å². The molecule has 0 radical (unpaired) electrons. The molecule has 4 nitrogen and oxygen atoms in total. The van der Waals surface area contributed by atoms with E-state index in [1.165, 1.54) is 12.1 Å². The molecular formula is C17H17NO3S. The van der Waals surface area contributed by atoms with Crippen LogP contribution in [0.4, 0.5) is 0 Å². The Morgan fingerprint density at radius 2 is 1.73 bits per heavy atom. The number of hydrogen-bond acceptors (Lipinski definition) is 4. The lowest BCUT2D eigenvalue weighted by atomic mass is 9.97. The van der Waals surface area contributed by atoms with Crippen LogP contribution >= 0.6 is 0 Å². The highest BCUT2D eigenvalue weighted by Gasteiger charge is 2.19. The Balaban J connectivity index is 2.12. The number of hydrogen-bond donors (Lipinski definition) is 0. The van der Waals surface area contributed by atoms with Crippen LogP contribution in [0.3, 0.4) is 0 Å². The summed E-state index contributed by atoms with van der Waals surface area (Å²) < 4.78 is 29.5. The molecule has 0 spiro atoms. The van der Waals surface area contributed by atoms with E-state index < -0.39 is 10.1 Å². The summed E-state index contributed by atoms with van der Waals surface area (Å²) in [6.45, 7) is 1.84. The molecule has 0 saturated heterocycles. The minimum absolute atomic E-state index is 0.0478. The molecule has 0 aromatic heterocycles. The van der Waals surface area contributed by atoms with Gasteiger partial charge < -0.3 is 0 Å². The summed E-state index contributed by atoms with van der Waals surface area (Å²) in [6.07, 6.45) is 0.202. The van der Waals surface area contributed by atoms with Crippen LogP contribution in [-0.4, -0.2) is 15.0 Å². The quantitative estimate of drug-likeness (QED) is 0.766. The fourth-order valence-electron chi connectivity index (χ4n) is 2.05. The van der Waals surface area contributed by atoms with Gasteiger partial charge in [-0.1, -0.05) is 48.0 Å². The van der Waals surface area contributed by atoms with E-state index in [1.54, 1.807) is 12.1 Å². The van der Waals surface area contributed by atoms with Gasteiger partial charge in [-0.05, 0) is 24.6 Å². The number of nitriles is 1. The Kier molecular flexibility index (Phi) is 5.31. The van der Waals surface area contributed by atoms with Gasteiger partial charge in [-0.15, -0.1) is 0 Å². The largest absolute Gasteiger partial charge is 0.296 e. The van der Waals surface area contributed by atoms with Crippen LogP contribution in [0.25, 0.3) is 0 Å². The normalized spacial score (nSPS) is 12.5. The monoisotopic (exact) mass is 315 g/mol. The molecule has 0 amide bonds. The maximum Gasteiger partial charge on any atom is 0.296 e. The average molecular weight is 315 g/mol. The van der Waals surface area contributed by atoms with Gasteiger partial charge in [0.25, 0.3) is 10.1 Å². The third-order valence-corrected chi connectivity index (χ3v) is 4.64. The Bertz CT molecular complexity index is 747. The minimum Gasteiger partial charge on any atom is -0.266 e. The van der Waals surface area contributed by atoms with Crippen LogP contribution in [0.15, 0.2) is 59.5 Å². The smallest absolute Gasteiger partial charge is 0.266 e. The summed E-state index contributed by atoms with van der Waals surface area (Å²) in [5.41, 5.74) is 1.87. The standard InChI is InChI=1S/C17H17NO3S/c1-14-7-9-17(10-8-14)22(19,20)21-13-16(11-12-18)15-5-3-2-4-6-15/h2-10,16H,11,13H2,1H3. The van der Waals surface area contributed by atoms with Gasteiger partial charge in [0.15, 0.2) is 0 Å². The van der Waals surface area contributed by atoms with Crippen LogP contribution in [0.1, 0.15) is 23.5 Å². The van der Waals surface area contributed by atoms with E-state index in [0.29, 0.717) is 0 Å². The van der Waals surface area contributed by atoms with Crippen molar-refractivity contribution in [3.63, 3.8) is 0 Å². The lowest BCUT2D eigenvalue weighted by Gasteiger charge is -2.14. The molecule has 2 aromatic carbocycles. The summed E-state index contributed by atoms with van der Waals surface area (Å²) in [5.74, 6) is -0.272. The van der Waals surface area contributed by atoms with Gasteiger partial charge in [-0.2, -0.15) is 13.7 Å². The first-order chi connectivity index (χ1) is 10.5. The molecule has 0 N–H and O–H groups in total. The van der Waals surface area contributed by atoms with E-state index in [-0.39, 0.29) is 23.8 Å². The second-order valence-electron chi connectivity index (χ2n) is 5.02. The van der Waals surface area contributed by atoms with E-state index in [9.17, 15) is 8.42 Å². The SMILES string of the molecule is Cc1ccc(S(=O)(=O)OCC(CC#N)c2ccccc2)cc1. The first-order valence-electron chi connectivity index (χ1n) is 6.91. The van der Waals surface area contributed by atoms with Crippen molar-refractivity contribution in [2.45, 2.75) is 24.2 Å². The Labute approximate surface area is 131 Å². The molecule has 1 atom stereocenters. The highest BCUT2D eigenvalue weighted by atomic mass is 32.2. The molecule has 0 aliphatic heterocycles. The molecule has 0 bridgehead atoms. The number of aryl methyl sites for hydroxylation is 1. The van der Waals surface area contributed by atoms with Gasteiger partial charge in [-0.25, -0.2) is 0 Å². The van der Waals surface area contributed by atoms with E-state index in [4.69, 9.17) is 9.44 Å². The van der Waals surface area contributed by atoms with Crippen LogP contribution in [0, 0.1) is 18.3 Å². The molecule has 2 rings (SSSR count). The summed E-state index contributed by atoms with van der Waals surface area (Å²) in [5, 5.41) is 8.92. The van der Waals surface area contributed by atoms with E-state index >= 15 is 0 Å². The summed E-state index contributed by atoms with van der Waals surface area (Å²) in [4.78, 5) is 0.127. The summed E-state index contributed by atoms with van der Waals surface area (Å²) in [7, 11) is -3.81. The summed E-state index contributed by atoms with van der Waals surface area (Å²) >= 11 is 0. The first-order valence-corrected chi connectivity index (χ1v) is 8.32. The second-order valence-corrected chi connectivity index (χ2v) is 6.64. The Morgan fingerprint density at radius 3 is 2.32 bits per heavy atom. The van der Waals surface area contributed by atoms with Gasteiger partial charge in [0.1, 0.15) is 0 Å². The van der Waals surface area contributed by atoms with Crippen molar-refractivity contribution >= 4 is 10.1 Å². The summed E-state index contributed by atoms with van der Waals surface area (Å²) in [6, 6.07) is 17.9. The zero-order valence-corrected chi connectivity index (χ0v) is 13.1. The molecule has 114 valence electrons. The third kappa shape index (κ3) is 4.17. The molecule has 0 saturated carbocycles. The van der Waals surface area contributed by atoms with Gasteiger partial charge in [0, 0.05) is 12.3 Å². The topological polar surface area (TPSA) is 67.2 Å². The van der Waals surface area contributed by atoms with Gasteiger partial charge in [0.05, 0.1) is 17.6 Å². The molecule has 0 aliphatic carbocycles. The van der Waals surface area contributed by atoms with Gasteiger partial charge in [0.2, 0.25) is 0 Å². The average Bonchev–Trinajstić information content (AvgIpc) is 2.53. The Morgan fingerprint density at radius 1 is 1.09 bits per heavy atom. The molecule has 0 aliphatic rings. The predicted molar refractivity (Wildman–Crippen MR) is 83.7 cm³/mol. The molecule has 0 fully saturated rings. The fraction of sp³-hybridized carbons (Fsp3) is 0.235. The van der Waals surface area contributed by atoms with Crippen molar-refractivity contribution in [2.75, 3.05) is 6.61 Å². The lowest BCUT2D eigenvalue weighted by Crippen LogP contribution is -2.13. The predicted octanol–water partition coefficient (Wildman–Crippen LogP) is 3.40. The molecule has 2 aromatic rings. The number of rotatable bonds is 6. The fourth-order valence-corrected chi connectivity index (χ4v) is 3.00. The maximum atomic E-state index is 12.2. The maximum absolute atomic E-state index is 12.2. The van der Waals surface area contributed by atoms with E-state index in [2.05, 4.69) is 6.07 Å². The van der Waals surface area contributed by atoms with Crippen molar-refractivity contribution in [3.05, 3.63) is 65.7 Å². The highest BCUT2D eigenvalue weighted by Crippen LogP contribution is 2.22.